The van der Waals surface area contributed by atoms with E-state index in [-0.39, 0.29) is 17.6 Å². The Morgan fingerprint density at radius 3 is 2.55 bits per heavy atom. The van der Waals surface area contributed by atoms with Crippen molar-refractivity contribution in [2.75, 3.05) is 5.32 Å². The first kappa shape index (κ1) is 19.2. The first-order chi connectivity index (χ1) is 14.0. The zero-order valence-electron chi connectivity index (χ0n) is 14.8. The highest BCUT2D eigenvalue weighted by molar-refractivity contribution is 6.36. The topological polar surface area (TPSA) is 55.1 Å². The Morgan fingerprint density at radius 2 is 1.76 bits per heavy atom. The molecule has 0 bridgehead atoms. The van der Waals surface area contributed by atoms with Gasteiger partial charge in [0.05, 0.1) is 22.5 Å². The Morgan fingerprint density at radius 1 is 1.00 bits per heavy atom. The summed E-state index contributed by atoms with van der Waals surface area (Å²) in [5.41, 5.74) is 1.95. The standard InChI is InChI=1S/C22H13Cl2FN2O2/c23-14-7-10-18(24)19(11-14)27-21(28)16-3-1-2-4-17(16)22-26-12-20(29-22)13-5-8-15(25)9-6-13/h1-12H,(H,27,28). The van der Waals surface area contributed by atoms with Crippen LogP contribution in [0.25, 0.3) is 22.8 Å². The van der Waals surface area contributed by atoms with E-state index in [1.54, 1.807) is 54.6 Å². The van der Waals surface area contributed by atoms with Gasteiger partial charge >= 0.3 is 0 Å². The SMILES string of the molecule is O=C(Nc1cc(Cl)ccc1Cl)c1ccccc1-c1ncc(-c2ccc(F)cc2)o1. The average molecular weight is 427 g/mol. The van der Waals surface area contributed by atoms with E-state index in [0.717, 1.165) is 0 Å². The molecular weight excluding hydrogens is 414 g/mol. The van der Waals surface area contributed by atoms with Gasteiger partial charge in [0, 0.05) is 16.1 Å². The van der Waals surface area contributed by atoms with E-state index < -0.39 is 0 Å². The Hall–Kier alpha value is -3.15. The number of halogens is 3. The van der Waals surface area contributed by atoms with E-state index >= 15 is 0 Å². The number of nitrogens with zero attached hydrogens (tertiary/aromatic N) is 1. The molecule has 1 amide bonds. The molecule has 3 aromatic carbocycles. The summed E-state index contributed by atoms with van der Waals surface area (Å²) in [6.07, 6.45) is 1.53. The maximum Gasteiger partial charge on any atom is 0.256 e. The van der Waals surface area contributed by atoms with Gasteiger partial charge in [-0.2, -0.15) is 0 Å². The van der Waals surface area contributed by atoms with Crippen LogP contribution in [0.5, 0.6) is 0 Å². The molecule has 0 aliphatic heterocycles. The third-order valence-electron chi connectivity index (χ3n) is 4.21. The fourth-order valence-electron chi connectivity index (χ4n) is 2.80. The lowest BCUT2D eigenvalue weighted by atomic mass is 10.1. The van der Waals surface area contributed by atoms with Crippen LogP contribution in [0, 0.1) is 5.82 Å². The molecule has 144 valence electrons. The Balaban J connectivity index is 1.66. The molecule has 4 rings (SSSR count). The van der Waals surface area contributed by atoms with Crippen molar-refractivity contribution in [3.63, 3.8) is 0 Å². The number of carbonyl (C=O) groups excluding carboxylic acids is 1. The molecule has 4 nitrogen and oxygen atoms in total. The van der Waals surface area contributed by atoms with Crippen LogP contribution < -0.4 is 5.32 Å². The first-order valence-electron chi connectivity index (χ1n) is 8.59. The lowest BCUT2D eigenvalue weighted by Gasteiger charge is -2.10. The highest BCUT2D eigenvalue weighted by Crippen LogP contribution is 2.30. The fraction of sp³-hybridized carbons (Fsp3) is 0. The number of benzene rings is 3. The van der Waals surface area contributed by atoms with Gasteiger partial charge < -0.3 is 9.73 Å². The van der Waals surface area contributed by atoms with E-state index in [4.69, 9.17) is 27.6 Å². The molecule has 1 N–H and O–H groups in total. The molecule has 0 fully saturated rings. The summed E-state index contributed by atoms with van der Waals surface area (Å²) in [7, 11) is 0. The van der Waals surface area contributed by atoms with Gasteiger partial charge in [-0.25, -0.2) is 9.37 Å². The number of hydrogen-bond donors (Lipinski definition) is 1. The van der Waals surface area contributed by atoms with E-state index in [1.165, 1.54) is 18.3 Å². The third kappa shape index (κ3) is 4.16. The summed E-state index contributed by atoms with van der Waals surface area (Å²) >= 11 is 12.1. The monoisotopic (exact) mass is 426 g/mol. The highest BCUT2D eigenvalue weighted by atomic mass is 35.5. The van der Waals surface area contributed by atoms with Crippen molar-refractivity contribution < 1.29 is 13.6 Å². The van der Waals surface area contributed by atoms with E-state index in [9.17, 15) is 9.18 Å². The molecule has 7 heteroatoms. The Labute approximate surface area is 175 Å². The molecule has 0 saturated carbocycles. The van der Waals surface area contributed by atoms with Crippen molar-refractivity contribution >= 4 is 34.8 Å². The number of rotatable bonds is 4. The van der Waals surface area contributed by atoms with Crippen LogP contribution in [-0.2, 0) is 0 Å². The second-order valence-electron chi connectivity index (χ2n) is 6.16. The molecule has 29 heavy (non-hydrogen) atoms. The van der Waals surface area contributed by atoms with Crippen LogP contribution in [0.1, 0.15) is 10.4 Å². The third-order valence-corrected chi connectivity index (χ3v) is 4.78. The predicted molar refractivity (Wildman–Crippen MR) is 112 cm³/mol. The van der Waals surface area contributed by atoms with Gasteiger partial charge in [-0.05, 0) is 54.6 Å². The van der Waals surface area contributed by atoms with Gasteiger partial charge in [0.25, 0.3) is 5.91 Å². The number of oxazole rings is 1. The Bertz CT molecular complexity index is 1190. The Kier molecular flexibility index (Phi) is 5.34. The summed E-state index contributed by atoms with van der Waals surface area (Å²) in [5, 5.41) is 3.58. The van der Waals surface area contributed by atoms with Crippen molar-refractivity contribution in [2.45, 2.75) is 0 Å². The first-order valence-corrected chi connectivity index (χ1v) is 9.34. The zero-order chi connectivity index (χ0) is 20.4. The maximum absolute atomic E-state index is 13.1. The van der Waals surface area contributed by atoms with Crippen LogP contribution in [-0.4, -0.2) is 10.9 Å². The van der Waals surface area contributed by atoms with Crippen LogP contribution in [0.3, 0.4) is 0 Å². The summed E-state index contributed by atoms with van der Waals surface area (Å²) in [6, 6.07) is 17.6. The van der Waals surface area contributed by atoms with Crippen LogP contribution >= 0.6 is 23.2 Å². The summed E-state index contributed by atoms with van der Waals surface area (Å²) in [6.45, 7) is 0. The molecule has 0 saturated heterocycles. The molecule has 0 atom stereocenters. The quantitative estimate of drug-likeness (QED) is 0.394. The van der Waals surface area contributed by atoms with Gasteiger partial charge in [0.2, 0.25) is 5.89 Å². The predicted octanol–water partition coefficient (Wildman–Crippen LogP) is 6.71. The second-order valence-corrected chi connectivity index (χ2v) is 7.00. The number of nitrogens with one attached hydrogen (secondary N) is 1. The van der Waals surface area contributed by atoms with E-state index in [0.29, 0.717) is 38.2 Å². The number of anilines is 1. The number of amides is 1. The largest absolute Gasteiger partial charge is 0.436 e. The van der Waals surface area contributed by atoms with Gasteiger partial charge in [-0.1, -0.05) is 35.3 Å². The lowest BCUT2D eigenvalue weighted by Crippen LogP contribution is -2.13. The molecule has 1 aromatic heterocycles. The van der Waals surface area contributed by atoms with Crippen LogP contribution in [0.2, 0.25) is 10.0 Å². The zero-order valence-corrected chi connectivity index (χ0v) is 16.3. The normalized spacial score (nSPS) is 10.7. The molecule has 4 aromatic rings. The highest BCUT2D eigenvalue weighted by Gasteiger charge is 2.18. The number of carbonyl (C=O) groups is 1. The minimum Gasteiger partial charge on any atom is -0.436 e. The lowest BCUT2D eigenvalue weighted by molar-refractivity contribution is 0.102. The van der Waals surface area contributed by atoms with Gasteiger partial charge in [-0.15, -0.1) is 0 Å². The van der Waals surface area contributed by atoms with Crippen molar-refractivity contribution in [2.24, 2.45) is 0 Å². The summed E-state index contributed by atoms with van der Waals surface area (Å²) in [5.74, 6) is 0.0156. The summed E-state index contributed by atoms with van der Waals surface area (Å²) in [4.78, 5) is 17.1. The molecular formula is C22H13Cl2FN2O2. The van der Waals surface area contributed by atoms with Gasteiger partial charge in [0.15, 0.2) is 5.76 Å². The minimum absolute atomic E-state index is 0.271. The van der Waals surface area contributed by atoms with Gasteiger partial charge in [0.1, 0.15) is 5.82 Å². The van der Waals surface area contributed by atoms with Crippen molar-refractivity contribution in [1.82, 2.24) is 4.98 Å². The number of hydrogen-bond acceptors (Lipinski definition) is 3. The van der Waals surface area contributed by atoms with Crippen LogP contribution in [0.15, 0.2) is 77.3 Å². The molecule has 0 aliphatic rings. The fourth-order valence-corrected chi connectivity index (χ4v) is 3.13. The van der Waals surface area contributed by atoms with Crippen molar-refractivity contribution in [1.29, 1.82) is 0 Å². The van der Waals surface area contributed by atoms with E-state index in [1.807, 2.05) is 0 Å². The number of aromatic nitrogens is 1. The van der Waals surface area contributed by atoms with Gasteiger partial charge in [-0.3, -0.25) is 4.79 Å². The van der Waals surface area contributed by atoms with E-state index in [2.05, 4.69) is 10.3 Å². The molecule has 1 heterocycles. The average Bonchev–Trinajstić information content (AvgIpc) is 3.21. The minimum atomic E-state index is -0.383. The molecule has 0 radical (unpaired) electrons. The molecule has 0 unspecified atom stereocenters. The molecule has 0 spiro atoms. The molecule has 0 aliphatic carbocycles. The van der Waals surface area contributed by atoms with Crippen LogP contribution in [0.4, 0.5) is 10.1 Å². The second kappa shape index (κ2) is 8.07. The van der Waals surface area contributed by atoms with Crippen molar-refractivity contribution in [3.8, 4) is 22.8 Å². The smallest absolute Gasteiger partial charge is 0.256 e. The van der Waals surface area contributed by atoms with Crippen molar-refractivity contribution in [3.05, 3.63) is 94.4 Å². The summed E-state index contributed by atoms with van der Waals surface area (Å²) < 4.78 is 19.0. The maximum atomic E-state index is 13.1.